The van der Waals surface area contributed by atoms with Crippen molar-refractivity contribution in [2.45, 2.75) is 84.2 Å². The molecule has 0 bridgehead atoms. The lowest BCUT2D eigenvalue weighted by atomic mass is 10.1. The molecule has 0 N–H and O–H groups in total. The normalized spacial score (nSPS) is 21.5. The van der Waals surface area contributed by atoms with Crippen LogP contribution in [0.1, 0.15) is 60.3 Å². The number of hydrogen-bond acceptors (Lipinski definition) is 5. The van der Waals surface area contributed by atoms with Gasteiger partial charge in [-0.1, -0.05) is 0 Å². The van der Waals surface area contributed by atoms with Crippen LogP contribution in [0.25, 0.3) is 0 Å². The number of ether oxygens (including phenoxy) is 3. The van der Waals surface area contributed by atoms with Gasteiger partial charge in [0.25, 0.3) is 0 Å². The standard InChI is InChI=1S/C21H42N2O3/c1-18(2)23-16-20(17-23)25-15-7-14-24-13-6-10-22-11-8-19(9-12-22)26-21(3,4)5/h18-20H,6-17H2,1-5H3. The van der Waals surface area contributed by atoms with E-state index in [9.17, 15) is 0 Å². The third kappa shape index (κ3) is 8.66. The summed E-state index contributed by atoms with van der Waals surface area (Å²) in [4.78, 5) is 4.99. The first-order valence-corrected chi connectivity index (χ1v) is 10.7. The maximum Gasteiger partial charge on any atom is 0.0828 e. The SMILES string of the molecule is CC(C)N1CC(OCCCOCCCN2CCC(OC(C)(C)C)CC2)C1. The fraction of sp³-hybridized carbons (Fsp3) is 1.00. The van der Waals surface area contributed by atoms with Crippen molar-refractivity contribution in [1.29, 1.82) is 0 Å². The molecule has 2 rings (SSSR count). The van der Waals surface area contributed by atoms with Gasteiger partial charge in [-0.2, -0.15) is 0 Å². The van der Waals surface area contributed by atoms with Crippen molar-refractivity contribution in [3.63, 3.8) is 0 Å². The van der Waals surface area contributed by atoms with Crippen LogP contribution in [0, 0.1) is 0 Å². The highest BCUT2D eigenvalue weighted by atomic mass is 16.5. The summed E-state index contributed by atoms with van der Waals surface area (Å²) in [6.45, 7) is 19.1. The fourth-order valence-corrected chi connectivity index (χ4v) is 3.65. The monoisotopic (exact) mass is 370 g/mol. The second-order valence-electron chi connectivity index (χ2n) is 9.13. The summed E-state index contributed by atoms with van der Waals surface area (Å²) in [5.74, 6) is 0. The minimum absolute atomic E-state index is 0.0170. The van der Waals surface area contributed by atoms with Crippen molar-refractivity contribution in [3.8, 4) is 0 Å². The van der Waals surface area contributed by atoms with Crippen molar-refractivity contribution in [1.82, 2.24) is 9.80 Å². The Morgan fingerprint density at radius 1 is 0.923 bits per heavy atom. The van der Waals surface area contributed by atoms with E-state index in [4.69, 9.17) is 14.2 Å². The maximum atomic E-state index is 6.09. The zero-order valence-corrected chi connectivity index (χ0v) is 17.8. The van der Waals surface area contributed by atoms with Gasteiger partial charge in [0, 0.05) is 58.6 Å². The summed E-state index contributed by atoms with van der Waals surface area (Å²) in [7, 11) is 0. The molecule has 2 aliphatic rings. The topological polar surface area (TPSA) is 34.2 Å². The molecule has 0 spiro atoms. The molecule has 0 unspecified atom stereocenters. The van der Waals surface area contributed by atoms with Crippen LogP contribution < -0.4 is 0 Å². The molecule has 5 nitrogen and oxygen atoms in total. The van der Waals surface area contributed by atoms with Crippen molar-refractivity contribution in [2.24, 2.45) is 0 Å². The van der Waals surface area contributed by atoms with E-state index in [1.54, 1.807) is 0 Å². The predicted octanol–water partition coefficient (Wildman–Crippen LogP) is 3.17. The van der Waals surface area contributed by atoms with Crippen LogP contribution >= 0.6 is 0 Å². The number of hydrogen-bond donors (Lipinski definition) is 0. The number of piperidine rings is 1. The molecule has 0 aromatic carbocycles. The van der Waals surface area contributed by atoms with E-state index in [1.807, 2.05) is 0 Å². The van der Waals surface area contributed by atoms with Crippen molar-refractivity contribution in [2.75, 3.05) is 52.5 Å². The average Bonchev–Trinajstić information content (AvgIpc) is 2.51. The highest BCUT2D eigenvalue weighted by molar-refractivity contribution is 4.82. The Bertz CT molecular complexity index is 370. The Morgan fingerprint density at radius 2 is 1.58 bits per heavy atom. The van der Waals surface area contributed by atoms with Crippen LogP contribution in [0.15, 0.2) is 0 Å². The molecular weight excluding hydrogens is 328 g/mol. The van der Waals surface area contributed by atoms with Gasteiger partial charge < -0.3 is 19.1 Å². The van der Waals surface area contributed by atoms with E-state index >= 15 is 0 Å². The molecule has 0 aliphatic carbocycles. The zero-order valence-electron chi connectivity index (χ0n) is 17.8. The molecule has 0 saturated carbocycles. The highest BCUT2D eigenvalue weighted by Crippen LogP contribution is 2.20. The molecule has 2 fully saturated rings. The number of nitrogens with zero attached hydrogens (tertiary/aromatic N) is 2. The van der Waals surface area contributed by atoms with Gasteiger partial charge in [0.1, 0.15) is 0 Å². The average molecular weight is 371 g/mol. The third-order valence-corrected chi connectivity index (χ3v) is 5.21. The molecule has 2 heterocycles. The van der Waals surface area contributed by atoms with E-state index in [0.717, 1.165) is 78.2 Å². The van der Waals surface area contributed by atoms with E-state index < -0.39 is 0 Å². The molecule has 0 atom stereocenters. The van der Waals surface area contributed by atoms with Gasteiger partial charge in [0.05, 0.1) is 17.8 Å². The lowest BCUT2D eigenvalue weighted by Gasteiger charge is -2.41. The second-order valence-corrected chi connectivity index (χ2v) is 9.13. The van der Waals surface area contributed by atoms with Crippen LogP contribution in [0.5, 0.6) is 0 Å². The lowest BCUT2D eigenvalue weighted by Crippen LogP contribution is -2.55. The number of likely N-dealkylation sites (tertiary alicyclic amines) is 2. The van der Waals surface area contributed by atoms with E-state index in [0.29, 0.717) is 18.2 Å². The summed E-state index contributed by atoms with van der Waals surface area (Å²) in [5, 5.41) is 0. The van der Waals surface area contributed by atoms with Gasteiger partial charge in [0.2, 0.25) is 0 Å². The van der Waals surface area contributed by atoms with Crippen LogP contribution in [-0.2, 0) is 14.2 Å². The first kappa shape index (κ1) is 22.1. The van der Waals surface area contributed by atoms with Gasteiger partial charge in [-0.25, -0.2) is 0 Å². The minimum Gasteiger partial charge on any atom is -0.381 e. The molecule has 0 radical (unpaired) electrons. The minimum atomic E-state index is -0.0170. The Balaban J connectivity index is 1.36. The van der Waals surface area contributed by atoms with Gasteiger partial charge in [-0.15, -0.1) is 0 Å². The van der Waals surface area contributed by atoms with E-state index in [1.165, 1.54) is 0 Å². The van der Waals surface area contributed by atoms with Gasteiger partial charge in [-0.05, 0) is 60.3 Å². The first-order valence-electron chi connectivity index (χ1n) is 10.7. The second kappa shape index (κ2) is 11.0. The van der Waals surface area contributed by atoms with E-state index in [-0.39, 0.29) is 5.60 Å². The predicted molar refractivity (Wildman–Crippen MR) is 107 cm³/mol. The molecule has 2 aliphatic heterocycles. The van der Waals surface area contributed by atoms with Crippen LogP contribution in [-0.4, -0.2) is 86.2 Å². The van der Waals surface area contributed by atoms with Crippen molar-refractivity contribution >= 4 is 0 Å². The van der Waals surface area contributed by atoms with Crippen molar-refractivity contribution in [3.05, 3.63) is 0 Å². The molecule has 0 aromatic rings. The van der Waals surface area contributed by atoms with Crippen molar-refractivity contribution < 1.29 is 14.2 Å². The van der Waals surface area contributed by atoms with Crippen LogP contribution in [0.2, 0.25) is 0 Å². The molecule has 0 amide bonds. The quantitative estimate of drug-likeness (QED) is 0.522. The van der Waals surface area contributed by atoms with Gasteiger partial charge in [0.15, 0.2) is 0 Å². The molecule has 0 aromatic heterocycles. The summed E-state index contributed by atoms with van der Waals surface area (Å²) in [5.41, 5.74) is -0.0170. The lowest BCUT2D eigenvalue weighted by molar-refractivity contribution is -0.0824. The van der Waals surface area contributed by atoms with Crippen LogP contribution in [0.4, 0.5) is 0 Å². The fourth-order valence-electron chi connectivity index (χ4n) is 3.65. The Labute approximate surface area is 161 Å². The first-order chi connectivity index (χ1) is 12.3. The summed E-state index contributed by atoms with van der Waals surface area (Å²) >= 11 is 0. The molecule has 2 saturated heterocycles. The molecular formula is C21H42N2O3. The Hall–Kier alpha value is -0.200. The Kier molecular flexibility index (Phi) is 9.31. The maximum absolute atomic E-state index is 6.09. The molecule has 5 heteroatoms. The largest absolute Gasteiger partial charge is 0.381 e. The summed E-state index contributed by atoms with van der Waals surface area (Å²) < 4.78 is 17.7. The summed E-state index contributed by atoms with van der Waals surface area (Å²) in [6.07, 6.45) is 5.33. The summed E-state index contributed by atoms with van der Waals surface area (Å²) in [6, 6.07) is 0.648. The molecule has 154 valence electrons. The highest BCUT2D eigenvalue weighted by Gasteiger charge is 2.28. The zero-order chi connectivity index (χ0) is 19.0. The van der Waals surface area contributed by atoms with Gasteiger partial charge >= 0.3 is 0 Å². The smallest absolute Gasteiger partial charge is 0.0828 e. The van der Waals surface area contributed by atoms with E-state index in [2.05, 4.69) is 44.4 Å². The van der Waals surface area contributed by atoms with Gasteiger partial charge in [-0.3, -0.25) is 4.90 Å². The van der Waals surface area contributed by atoms with Crippen LogP contribution in [0.3, 0.4) is 0 Å². The third-order valence-electron chi connectivity index (χ3n) is 5.21. The number of rotatable bonds is 11. The molecule has 26 heavy (non-hydrogen) atoms. The Morgan fingerprint density at radius 3 is 2.19 bits per heavy atom.